The molecule has 3 aromatic carbocycles. The van der Waals surface area contributed by atoms with Crippen LogP contribution in [0.4, 0.5) is 5.69 Å². The van der Waals surface area contributed by atoms with Crippen LogP contribution in [-0.2, 0) is 11.2 Å². The molecule has 238 valence electrons. The maximum atomic E-state index is 14.0. The van der Waals surface area contributed by atoms with Crippen LogP contribution in [0.3, 0.4) is 0 Å². The number of nitrogens with one attached hydrogen (secondary N) is 1. The first-order valence-corrected chi connectivity index (χ1v) is 16.2. The van der Waals surface area contributed by atoms with Gasteiger partial charge in [0.05, 0.1) is 10.9 Å². The van der Waals surface area contributed by atoms with Gasteiger partial charge in [0.15, 0.2) is 11.2 Å². The van der Waals surface area contributed by atoms with Gasteiger partial charge in [-0.1, -0.05) is 47.5 Å². The van der Waals surface area contributed by atoms with Gasteiger partial charge in [-0.05, 0) is 61.2 Å². The molecule has 3 heterocycles. The van der Waals surface area contributed by atoms with Crippen molar-refractivity contribution in [1.82, 2.24) is 15.1 Å². The predicted octanol–water partition coefficient (Wildman–Crippen LogP) is 5.42. The fourth-order valence-corrected chi connectivity index (χ4v) is 6.40. The third kappa shape index (κ3) is 7.06. The molecule has 2 aliphatic heterocycles. The summed E-state index contributed by atoms with van der Waals surface area (Å²) in [4.78, 5) is 59.3. The number of carbonyl (C=O) groups is 3. The van der Waals surface area contributed by atoms with Crippen LogP contribution < -0.4 is 15.6 Å². The van der Waals surface area contributed by atoms with Gasteiger partial charge >= 0.3 is 0 Å². The molecule has 4 aromatic rings. The van der Waals surface area contributed by atoms with Gasteiger partial charge in [0, 0.05) is 73.6 Å². The molecule has 1 N–H and O–H groups in total. The van der Waals surface area contributed by atoms with Gasteiger partial charge in [-0.2, -0.15) is 0 Å². The molecule has 0 unspecified atom stereocenters. The second-order valence-electron chi connectivity index (χ2n) is 11.7. The van der Waals surface area contributed by atoms with Gasteiger partial charge in [0.2, 0.25) is 5.91 Å². The van der Waals surface area contributed by atoms with Crippen LogP contribution >= 0.6 is 23.2 Å². The molecule has 46 heavy (non-hydrogen) atoms. The number of carbonyl (C=O) groups excluding carboxylic acids is 3. The maximum Gasteiger partial charge on any atom is 0.287 e. The summed E-state index contributed by atoms with van der Waals surface area (Å²) >= 11 is 12.2. The van der Waals surface area contributed by atoms with Crippen molar-refractivity contribution in [2.75, 3.05) is 44.2 Å². The highest BCUT2D eigenvalue weighted by molar-refractivity contribution is 6.31. The van der Waals surface area contributed by atoms with Crippen LogP contribution in [0.1, 0.15) is 45.7 Å². The van der Waals surface area contributed by atoms with E-state index in [-0.39, 0.29) is 35.0 Å². The van der Waals surface area contributed by atoms with Crippen LogP contribution in [-0.4, -0.2) is 72.8 Å². The molecule has 11 heteroatoms. The first-order chi connectivity index (χ1) is 22.3. The van der Waals surface area contributed by atoms with Crippen molar-refractivity contribution in [1.29, 1.82) is 0 Å². The summed E-state index contributed by atoms with van der Waals surface area (Å²) in [5.74, 6) is -1.11. The Labute approximate surface area is 276 Å². The molecule has 2 aliphatic rings. The second-order valence-corrected chi connectivity index (χ2v) is 12.5. The lowest BCUT2D eigenvalue weighted by atomic mass is 10.0. The van der Waals surface area contributed by atoms with Crippen molar-refractivity contribution in [3.05, 3.63) is 110 Å². The van der Waals surface area contributed by atoms with Crippen molar-refractivity contribution < 1.29 is 18.8 Å². The van der Waals surface area contributed by atoms with E-state index in [0.717, 1.165) is 49.7 Å². The lowest BCUT2D eigenvalue weighted by molar-refractivity contribution is -0.133. The van der Waals surface area contributed by atoms with Crippen molar-refractivity contribution in [3.8, 4) is 0 Å². The summed E-state index contributed by atoms with van der Waals surface area (Å²) in [6.45, 7) is 3.40. The number of para-hydroxylation sites is 1. The minimum absolute atomic E-state index is 0.0437. The highest BCUT2D eigenvalue weighted by atomic mass is 35.5. The summed E-state index contributed by atoms with van der Waals surface area (Å²) in [6.07, 6.45) is 3.39. The molecule has 1 aromatic heterocycles. The minimum Gasteiger partial charge on any atom is -0.451 e. The standard InChI is InChI=1S/C35H34Cl2N4O5/c36-24-10-8-23(9-11-24)20-28(38-33(43)32-22-30(42)27-13-12-25(37)21-31(27)46-32)35(45)41-18-16-39(17-19-41)29-7-3-2-6-26(29)34(44)40-14-4-1-5-15-40/h2-3,6-13,21-22,28H,1,4-5,14-20H2,(H,38,43)/t28-/m1/s1. The molecule has 9 nitrogen and oxygen atoms in total. The molecule has 0 aliphatic carbocycles. The normalized spacial score (nSPS) is 15.9. The molecule has 1 atom stereocenters. The smallest absolute Gasteiger partial charge is 0.287 e. The molecule has 3 amide bonds. The Kier molecular flexibility index (Phi) is 9.61. The Bertz CT molecular complexity index is 1810. The number of piperidine rings is 1. The van der Waals surface area contributed by atoms with E-state index in [1.807, 2.05) is 29.2 Å². The molecule has 6 rings (SSSR count). The molecule has 0 radical (unpaired) electrons. The van der Waals surface area contributed by atoms with Crippen LogP contribution in [0, 0.1) is 0 Å². The van der Waals surface area contributed by atoms with Gasteiger partial charge in [-0.25, -0.2) is 0 Å². The second kappa shape index (κ2) is 14.0. The summed E-state index contributed by atoms with van der Waals surface area (Å²) in [7, 11) is 0. The molecule has 0 bridgehead atoms. The maximum absolute atomic E-state index is 14.0. The predicted molar refractivity (Wildman–Crippen MR) is 179 cm³/mol. The Morgan fingerprint density at radius 1 is 0.783 bits per heavy atom. The Morgan fingerprint density at radius 3 is 2.22 bits per heavy atom. The molecule has 2 fully saturated rings. The number of halogens is 2. The van der Waals surface area contributed by atoms with Gasteiger partial charge in [0.1, 0.15) is 11.6 Å². The number of hydrogen-bond donors (Lipinski definition) is 1. The SMILES string of the molecule is O=C(N[C@H](Cc1ccc(Cl)cc1)C(=O)N1CCN(c2ccccc2C(=O)N2CCCCC2)CC1)c1cc(=O)c2ccc(Cl)cc2o1. The van der Waals surface area contributed by atoms with Gasteiger partial charge < -0.3 is 24.4 Å². The zero-order valence-corrected chi connectivity index (χ0v) is 26.7. The third-order valence-corrected chi connectivity index (χ3v) is 9.07. The highest BCUT2D eigenvalue weighted by Gasteiger charge is 2.31. The number of fused-ring (bicyclic) bond motifs is 1. The zero-order chi connectivity index (χ0) is 32.2. The number of nitrogens with zero attached hydrogens (tertiary/aromatic N) is 3. The number of anilines is 1. The van der Waals surface area contributed by atoms with E-state index < -0.39 is 11.9 Å². The van der Waals surface area contributed by atoms with E-state index >= 15 is 0 Å². The lowest BCUT2D eigenvalue weighted by Crippen LogP contribution is -2.56. The summed E-state index contributed by atoms with van der Waals surface area (Å²) < 4.78 is 5.74. The number of rotatable bonds is 7. The van der Waals surface area contributed by atoms with Gasteiger partial charge in [-0.3, -0.25) is 19.2 Å². The summed E-state index contributed by atoms with van der Waals surface area (Å²) in [6, 6.07) is 19.5. The number of amides is 3. The molecular formula is C35H34Cl2N4O5. The highest BCUT2D eigenvalue weighted by Crippen LogP contribution is 2.25. The molecular weight excluding hydrogens is 627 g/mol. The van der Waals surface area contributed by atoms with Crippen LogP contribution in [0.2, 0.25) is 10.0 Å². The fraction of sp³-hybridized carbons (Fsp3) is 0.314. The van der Waals surface area contributed by atoms with Crippen molar-refractivity contribution in [2.45, 2.75) is 31.7 Å². The van der Waals surface area contributed by atoms with Crippen molar-refractivity contribution >= 4 is 57.6 Å². The summed E-state index contributed by atoms with van der Waals surface area (Å²) in [5, 5.41) is 4.03. The fourth-order valence-electron chi connectivity index (χ4n) is 6.11. The van der Waals surface area contributed by atoms with E-state index in [9.17, 15) is 19.2 Å². The van der Waals surface area contributed by atoms with Crippen molar-refractivity contribution in [3.63, 3.8) is 0 Å². The molecule has 0 saturated carbocycles. The first kappa shape index (κ1) is 31.6. The Morgan fingerprint density at radius 2 is 1.48 bits per heavy atom. The lowest BCUT2D eigenvalue weighted by Gasteiger charge is -2.38. The number of piperazine rings is 1. The number of benzene rings is 3. The van der Waals surface area contributed by atoms with E-state index in [2.05, 4.69) is 10.2 Å². The topological polar surface area (TPSA) is 103 Å². The van der Waals surface area contributed by atoms with Gasteiger partial charge in [-0.15, -0.1) is 0 Å². The molecule has 0 spiro atoms. The average molecular weight is 662 g/mol. The van der Waals surface area contributed by atoms with Crippen LogP contribution in [0.5, 0.6) is 0 Å². The van der Waals surface area contributed by atoms with E-state index in [1.165, 1.54) is 6.07 Å². The van der Waals surface area contributed by atoms with Gasteiger partial charge in [0.25, 0.3) is 11.8 Å². The van der Waals surface area contributed by atoms with Crippen LogP contribution in [0.15, 0.2) is 82.0 Å². The average Bonchev–Trinajstić information content (AvgIpc) is 3.08. The number of hydrogen-bond acceptors (Lipinski definition) is 6. The largest absolute Gasteiger partial charge is 0.451 e. The van der Waals surface area contributed by atoms with Crippen molar-refractivity contribution in [2.24, 2.45) is 0 Å². The van der Waals surface area contributed by atoms with E-state index in [4.69, 9.17) is 27.6 Å². The van der Waals surface area contributed by atoms with Crippen LogP contribution in [0.25, 0.3) is 11.0 Å². The Balaban J connectivity index is 1.19. The summed E-state index contributed by atoms with van der Waals surface area (Å²) in [5.41, 5.74) is 2.14. The first-order valence-electron chi connectivity index (χ1n) is 15.5. The minimum atomic E-state index is -0.937. The quantitative estimate of drug-likeness (QED) is 0.284. The molecule has 2 saturated heterocycles. The number of likely N-dealkylation sites (tertiary alicyclic amines) is 1. The van der Waals surface area contributed by atoms with E-state index in [1.54, 1.807) is 41.3 Å². The third-order valence-electron chi connectivity index (χ3n) is 8.58. The van der Waals surface area contributed by atoms with E-state index in [0.29, 0.717) is 47.2 Å². The zero-order valence-electron chi connectivity index (χ0n) is 25.2. The monoisotopic (exact) mass is 660 g/mol. The Hall–Kier alpha value is -4.34.